The van der Waals surface area contributed by atoms with Crippen molar-refractivity contribution in [2.75, 3.05) is 40.9 Å². The van der Waals surface area contributed by atoms with E-state index in [1.54, 1.807) is 30.3 Å². The highest BCUT2D eigenvalue weighted by atomic mass is 19.1. The van der Waals surface area contributed by atoms with Crippen LogP contribution in [0, 0.1) is 17.6 Å². The first-order chi connectivity index (χ1) is 18.9. The van der Waals surface area contributed by atoms with E-state index in [0.29, 0.717) is 60.7 Å². The molecule has 7 N–H and O–H groups in total. The van der Waals surface area contributed by atoms with Crippen LogP contribution < -0.4 is 27.0 Å². The molecule has 2 aromatic heterocycles. The molecule has 12 heteroatoms. The number of H-pyrrole nitrogens is 1. The fraction of sp³-hybridized carbons (Fsp3) is 0.259. The molecule has 0 spiro atoms. The Labute approximate surface area is 223 Å². The van der Waals surface area contributed by atoms with Crippen molar-refractivity contribution in [1.82, 2.24) is 19.9 Å². The van der Waals surface area contributed by atoms with Gasteiger partial charge in [0.2, 0.25) is 5.95 Å². The number of aromatic amines is 1. The second-order valence-electron chi connectivity index (χ2n) is 9.37. The Bertz CT molecular complexity index is 1450. The van der Waals surface area contributed by atoms with Crippen molar-refractivity contribution < 1.29 is 13.6 Å². The second kappa shape index (κ2) is 11.4. The molecule has 0 aliphatic carbocycles. The first-order valence-corrected chi connectivity index (χ1v) is 12.6. The first kappa shape index (κ1) is 26.0. The third-order valence-electron chi connectivity index (χ3n) is 6.68. The van der Waals surface area contributed by atoms with Gasteiger partial charge in [-0.15, -0.1) is 0 Å². The highest BCUT2D eigenvalue weighted by Gasteiger charge is 2.24. The third-order valence-corrected chi connectivity index (χ3v) is 6.68. The van der Waals surface area contributed by atoms with Crippen molar-refractivity contribution in [3.8, 4) is 11.4 Å². The summed E-state index contributed by atoms with van der Waals surface area (Å²) in [5, 5.41) is 5.91. The summed E-state index contributed by atoms with van der Waals surface area (Å²) in [6.45, 7) is 2.32. The van der Waals surface area contributed by atoms with E-state index in [-0.39, 0.29) is 17.6 Å². The van der Waals surface area contributed by atoms with E-state index in [0.717, 1.165) is 18.4 Å². The van der Waals surface area contributed by atoms with Crippen molar-refractivity contribution in [3.05, 3.63) is 77.8 Å². The Balaban J connectivity index is 1.30. The quantitative estimate of drug-likeness (QED) is 0.230. The van der Waals surface area contributed by atoms with Gasteiger partial charge in [-0.25, -0.2) is 18.7 Å². The molecular weight excluding hydrogens is 504 g/mol. The Hall–Kier alpha value is -4.58. The highest BCUT2D eigenvalue weighted by Crippen LogP contribution is 2.32. The van der Waals surface area contributed by atoms with Crippen LogP contribution >= 0.6 is 0 Å². The van der Waals surface area contributed by atoms with E-state index in [4.69, 9.17) is 11.5 Å². The van der Waals surface area contributed by atoms with Crippen molar-refractivity contribution in [1.29, 1.82) is 0 Å². The number of hydrogen-bond donors (Lipinski definition) is 5. The zero-order chi connectivity index (χ0) is 27.4. The molecule has 2 aromatic carbocycles. The molecule has 4 aromatic rings. The molecule has 0 saturated carbocycles. The van der Waals surface area contributed by atoms with Crippen LogP contribution in [0.2, 0.25) is 0 Å². The van der Waals surface area contributed by atoms with Crippen LogP contribution in [-0.4, -0.2) is 45.5 Å². The number of amides is 1. The van der Waals surface area contributed by atoms with Gasteiger partial charge in [0.05, 0.1) is 17.1 Å². The van der Waals surface area contributed by atoms with Gasteiger partial charge < -0.3 is 32.0 Å². The molecule has 0 bridgehead atoms. The number of imidazole rings is 1. The fourth-order valence-electron chi connectivity index (χ4n) is 4.56. The number of para-hydroxylation sites is 1. The molecule has 0 unspecified atom stereocenters. The number of rotatable bonds is 8. The zero-order valence-corrected chi connectivity index (χ0v) is 21.1. The monoisotopic (exact) mass is 533 g/mol. The molecule has 10 nitrogen and oxygen atoms in total. The normalized spacial score (nSPS) is 13.9. The molecule has 5 rings (SSSR count). The molecule has 1 aliphatic rings. The number of carbonyl (C=O) groups is 1. The van der Waals surface area contributed by atoms with Crippen LogP contribution in [0.1, 0.15) is 29.0 Å². The summed E-state index contributed by atoms with van der Waals surface area (Å²) >= 11 is 0. The third kappa shape index (κ3) is 6.12. The predicted molar refractivity (Wildman–Crippen MR) is 146 cm³/mol. The van der Waals surface area contributed by atoms with Crippen molar-refractivity contribution in [2.24, 2.45) is 11.7 Å². The zero-order valence-electron chi connectivity index (χ0n) is 21.1. The number of carbonyl (C=O) groups excluding carboxylic acids is 1. The molecule has 1 amide bonds. The molecular formula is C27H29F2N9O. The topological polar surface area (TPSA) is 151 Å². The second-order valence-corrected chi connectivity index (χ2v) is 9.37. The maximum Gasteiger partial charge on any atom is 0.291 e. The van der Waals surface area contributed by atoms with Gasteiger partial charge in [-0.3, -0.25) is 4.79 Å². The predicted octanol–water partition coefficient (Wildman–Crippen LogP) is 3.77. The van der Waals surface area contributed by atoms with Gasteiger partial charge in [0.25, 0.3) is 5.91 Å². The number of benzene rings is 2. The summed E-state index contributed by atoms with van der Waals surface area (Å²) in [6.07, 6.45) is 3.26. The van der Waals surface area contributed by atoms with Crippen LogP contribution in [0.15, 0.2) is 54.7 Å². The number of halogens is 2. The molecule has 0 atom stereocenters. The minimum absolute atomic E-state index is 0.0194. The Kier molecular flexibility index (Phi) is 7.64. The van der Waals surface area contributed by atoms with Crippen molar-refractivity contribution in [3.63, 3.8) is 0 Å². The maximum absolute atomic E-state index is 14.9. The highest BCUT2D eigenvalue weighted by molar-refractivity contribution is 6.04. The van der Waals surface area contributed by atoms with Gasteiger partial charge in [-0.05, 0) is 55.1 Å². The molecule has 3 heterocycles. The van der Waals surface area contributed by atoms with E-state index in [1.165, 1.54) is 24.4 Å². The van der Waals surface area contributed by atoms with E-state index < -0.39 is 11.7 Å². The first-order valence-electron chi connectivity index (χ1n) is 12.6. The number of nitrogens with one attached hydrogen (secondary N) is 3. The Morgan fingerprint density at radius 2 is 1.82 bits per heavy atom. The smallest absolute Gasteiger partial charge is 0.291 e. The van der Waals surface area contributed by atoms with Crippen LogP contribution in [-0.2, 0) is 6.54 Å². The summed E-state index contributed by atoms with van der Waals surface area (Å²) in [4.78, 5) is 30.6. The molecule has 1 saturated heterocycles. The van der Waals surface area contributed by atoms with Gasteiger partial charge >= 0.3 is 0 Å². The number of nitrogens with zero attached hydrogens (tertiary/aromatic N) is 4. The summed E-state index contributed by atoms with van der Waals surface area (Å²) in [5.74, 6) is -0.337. The lowest BCUT2D eigenvalue weighted by Crippen LogP contribution is -2.37. The van der Waals surface area contributed by atoms with Gasteiger partial charge in [0, 0.05) is 31.9 Å². The van der Waals surface area contributed by atoms with Crippen LogP contribution in [0.25, 0.3) is 11.4 Å². The standard InChI is InChI=1S/C27H29F2N9O/c28-18-6-4-17(5-7-18)14-32-23-12-21(36-27(31)37-23)22-15-33-25(34-22)26(39)35-20-3-1-2-19(29)24(20)38-10-8-16(13-30)9-11-38/h1-7,12,15-16H,8-11,13-14,30H2,(H,33,34)(H,35,39)(H3,31,32,36,37). The van der Waals surface area contributed by atoms with E-state index in [2.05, 4.69) is 30.6 Å². The van der Waals surface area contributed by atoms with Crippen molar-refractivity contribution >= 4 is 29.0 Å². The Morgan fingerprint density at radius 1 is 1.05 bits per heavy atom. The summed E-state index contributed by atoms with van der Waals surface area (Å²) < 4.78 is 28.0. The Morgan fingerprint density at radius 3 is 2.56 bits per heavy atom. The molecule has 39 heavy (non-hydrogen) atoms. The number of anilines is 4. The minimum Gasteiger partial charge on any atom is -0.368 e. The van der Waals surface area contributed by atoms with Gasteiger partial charge in [-0.1, -0.05) is 18.2 Å². The number of hydrogen-bond acceptors (Lipinski definition) is 8. The van der Waals surface area contributed by atoms with Gasteiger partial charge in [-0.2, -0.15) is 4.98 Å². The molecule has 202 valence electrons. The lowest BCUT2D eigenvalue weighted by molar-refractivity contribution is 0.101. The van der Waals surface area contributed by atoms with Crippen molar-refractivity contribution in [2.45, 2.75) is 19.4 Å². The lowest BCUT2D eigenvalue weighted by Gasteiger charge is -2.34. The number of nitrogen functional groups attached to an aromatic ring is 1. The number of nitrogens with two attached hydrogens (primary N) is 2. The van der Waals surface area contributed by atoms with Crippen LogP contribution in [0.3, 0.4) is 0 Å². The van der Waals surface area contributed by atoms with E-state index in [9.17, 15) is 13.6 Å². The summed E-state index contributed by atoms with van der Waals surface area (Å²) in [6, 6.07) is 12.3. The average molecular weight is 534 g/mol. The summed E-state index contributed by atoms with van der Waals surface area (Å²) in [5.41, 5.74) is 14.0. The van der Waals surface area contributed by atoms with Crippen LogP contribution in [0.5, 0.6) is 0 Å². The molecule has 1 aliphatic heterocycles. The van der Waals surface area contributed by atoms with E-state index in [1.807, 2.05) is 4.90 Å². The maximum atomic E-state index is 14.9. The number of aromatic nitrogens is 4. The summed E-state index contributed by atoms with van der Waals surface area (Å²) in [7, 11) is 0. The largest absolute Gasteiger partial charge is 0.368 e. The average Bonchev–Trinajstić information content (AvgIpc) is 3.44. The SMILES string of the molecule is NCC1CCN(c2c(F)cccc2NC(=O)c2nc(-c3cc(NCc4ccc(F)cc4)nc(N)n3)c[nH]2)CC1. The minimum atomic E-state index is -0.526. The van der Waals surface area contributed by atoms with Gasteiger partial charge in [0.15, 0.2) is 5.82 Å². The van der Waals surface area contributed by atoms with Crippen LogP contribution in [0.4, 0.5) is 31.9 Å². The fourth-order valence-corrected chi connectivity index (χ4v) is 4.56. The number of piperidine rings is 1. The molecule has 1 fully saturated rings. The van der Waals surface area contributed by atoms with E-state index >= 15 is 0 Å². The van der Waals surface area contributed by atoms with Gasteiger partial charge in [0.1, 0.15) is 23.1 Å². The lowest BCUT2D eigenvalue weighted by atomic mass is 9.96. The molecule has 0 radical (unpaired) electrons.